The fourth-order valence-corrected chi connectivity index (χ4v) is 6.26. The molecular weight excluding hydrogens is 416 g/mol. The van der Waals surface area contributed by atoms with Crippen molar-refractivity contribution in [3.8, 4) is 22.4 Å². The lowest BCUT2D eigenvalue weighted by Crippen LogP contribution is -2.27. The van der Waals surface area contributed by atoms with Crippen LogP contribution in [-0.4, -0.2) is 15.8 Å². The maximum Gasteiger partial charge on any atom is 0.133 e. The van der Waals surface area contributed by atoms with Crippen LogP contribution in [-0.2, 0) is 4.79 Å². The summed E-state index contributed by atoms with van der Waals surface area (Å²) in [5.41, 5.74) is 6.59. The van der Waals surface area contributed by atoms with Crippen LogP contribution in [0.5, 0.6) is 0 Å². The second-order valence-electron chi connectivity index (χ2n) is 9.42. The zero-order chi connectivity index (χ0) is 22.4. The first kappa shape index (κ1) is 21.2. The van der Waals surface area contributed by atoms with E-state index in [1.807, 2.05) is 19.2 Å². The summed E-state index contributed by atoms with van der Waals surface area (Å²) in [6, 6.07) is 14.7. The lowest BCUT2D eigenvalue weighted by atomic mass is 9.77. The summed E-state index contributed by atoms with van der Waals surface area (Å²) >= 11 is 6.53. The number of benzene rings is 2. The molecule has 2 aromatic carbocycles. The lowest BCUT2D eigenvalue weighted by molar-refractivity contribution is -0.122. The Morgan fingerprint density at radius 3 is 2.41 bits per heavy atom. The number of allylic oxidation sites excluding steroid dienone is 2. The van der Waals surface area contributed by atoms with Crippen LogP contribution in [0.15, 0.2) is 54.7 Å². The van der Waals surface area contributed by atoms with Gasteiger partial charge in [-0.25, -0.2) is 4.98 Å². The summed E-state index contributed by atoms with van der Waals surface area (Å²) in [6.45, 7) is 5.85. The Morgan fingerprint density at radius 1 is 1.03 bits per heavy atom. The van der Waals surface area contributed by atoms with Crippen molar-refractivity contribution in [2.75, 3.05) is 0 Å². The molecule has 0 saturated heterocycles. The number of Topliss-reactive ketones (excluding diaryl/α,β-unsaturated/α-hetero) is 1. The largest absolute Gasteiger partial charge is 0.342 e. The molecular formula is C28H29ClN2O. The van der Waals surface area contributed by atoms with Crippen LogP contribution in [0.1, 0.15) is 57.3 Å². The first-order valence-electron chi connectivity index (χ1n) is 11.5. The van der Waals surface area contributed by atoms with Crippen LogP contribution in [0.25, 0.3) is 28.0 Å². The summed E-state index contributed by atoms with van der Waals surface area (Å²) in [5, 5.41) is 0.770. The lowest BCUT2D eigenvalue weighted by Gasteiger charge is -2.27. The SMILES string of the molecule is C/C=C(\C)c1ccc(-c2ccc(-c3cnc([C@H]4C5CCC(C5)C4C(C)=O)[nH]3)cc2)cc1Cl. The molecule has 1 aromatic heterocycles. The van der Waals surface area contributed by atoms with Gasteiger partial charge in [-0.2, -0.15) is 0 Å². The number of nitrogens with one attached hydrogen (secondary N) is 1. The van der Waals surface area contributed by atoms with E-state index in [1.54, 1.807) is 6.92 Å². The summed E-state index contributed by atoms with van der Waals surface area (Å²) < 4.78 is 0. The van der Waals surface area contributed by atoms with Crippen molar-refractivity contribution in [1.29, 1.82) is 0 Å². The highest BCUT2D eigenvalue weighted by Crippen LogP contribution is 2.56. The monoisotopic (exact) mass is 444 g/mol. The molecule has 4 heteroatoms. The molecule has 2 saturated carbocycles. The highest BCUT2D eigenvalue weighted by atomic mass is 35.5. The Labute approximate surface area is 194 Å². The predicted molar refractivity (Wildman–Crippen MR) is 132 cm³/mol. The number of imidazole rings is 1. The molecule has 2 bridgehead atoms. The van der Waals surface area contributed by atoms with Gasteiger partial charge in [-0.15, -0.1) is 0 Å². The van der Waals surface area contributed by atoms with Gasteiger partial charge < -0.3 is 4.98 Å². The number of nitrogens with zero attached hydrogens (tertiary/aromatic N) is 1. The third kappa shape index (κ3) is 3.63. The van der Waals surface area contributed by atoms with E-state index in [0.717, 1.165) is 38.8 Å². The predicted octanol–water partition coefficient (Wildman–Crippen LogP) is 7.54. The van der Waals surface area contributed by atoms with E-state index in [1.165, 1.54) is 24.8 Å². The molecule has 0 aliphatic heterocycles. The minimum Gasteiger partial charge on any atom is -0.342 e. The zero-order valence-electron chi connectivity index (χ0n) is 18.9. The topological polar surface area (TPSA) is 45.8 Å². The standard InChI is InChI=1S/C28H29ClN2O/c1-4-16(2)23-12-11-20(14-24(23)29)18-5-7-19(8-6-18)25-15-30-28(31-25)27-22-10-9-21(13-22)26(27)17(3)32/h4-8,11-12,14-15,21-22,26-27H,9-10,13H2,1-3H3,(H,30,31)/b16-4+/t21?,22?,26?,27-/m0/s1. The molecule has 5 rings (SSSR count). The molecule has 3 aromatic rings. The van der Waals surface area contributed by atoms with Gasteiger partial charge in [-0.1, -0.05) is 54.1 Å². The molecule has 1 N–H and O–H groups in total. The fourth-order valence-electron chi connectivity index (χ4n) is 5.93. The van der Waals surface area contributed by atoms with Crippen molar-refractivity contribution in [1.82, 2.24) is 9.97 Å². The Bertz CT molecular complexity index is 1190. The van der Waals surface area contributed by atoms with Gasteiger partial charge in [0, 0.05) is 16.9 Å². The van der Waals surface area contributed by atoms with E-state index < -0.39 is 0 Å². The van der Waals surface area contributed by atoms with E-state index in [9.17, 15) is 4.79 Å². The van der Waals surface area contributed by atoms with Crippen molar-refractivity contribution in [3.05, 3.63) is 71.1 Å². The van der Waals surface area contributed by atoms with Gasteiger partial charge in [0.05, 0.1) is 11.9 Å². The minimum atomic E-state index is 0.133. The van der Waals surface area contributed by atoms with Gasteiger partial charge in [-0.05, 0) is 85.8 Å². The highest BCUT2D eigenvalue weighted by molar-refractivity contribution is 6.32. The molecule has 2 aliphatic carbocycles. The Hall–Kier alpha value is -2.65. The van der Waals surface area contributed by atoms with E-state index in [2.05, 4.69) is 54.4 Å². The van der Waals surface area contributed by atoms with Crippen molar-refractivity contribution in [2.24, 2.45) is 17.8 Å². The normalized spacial score (nSPS) is 24.8. The van der Waals surface area contributed by atoms with Crippen LogP contribution in [0.2, 0.25) is 5.02 Å². The number of hydrogen-bond acceptors (Lipinski definition) is 2. The third-order valence-electron chi connectivity index (χ3n) is 7.65. The Kier molecular flexibility index (Phi) is 5.54. The van der Waals surface area contributed by atoms with Crippen LogP contribution in [0.4, 0.5) is 0 Å². The minimum absolute atomic E-state index is 0.133. The molecule has 164 valence electrons. The van der Waals surface area contributed by atoms with E-state index in [0.29, 0.717) is 17.6 Å². The number of aromatic amines is 1. The van der Waals surface area contributed by atoms with Crippen molar-refractivity contribution < 1.29 is 4.79 Å². The van der Waals surface area contributed by atoms with Crippen molar-refractivity contribution in [3.63, 3.8) is 0 Å². The highest BCUT2D eigenvalue weighted by Gasteiger charge is 2.51. The van der Waals surface area contributed by atoms with Crippen LogP contribution in [0.3, 0.4) is 0 Å². The van der Waals surface area contributed by atoms with Gasteiger partial charge in [0.25, 0.3) is 0 Å². The first-order valence-corrected chi connectivity index (χ1v) is 11.9. The summed E-state index contributed by atoms with van der Waals surface area (Å²) in [5.74, 6) is 2.82. The number of hydrogen-bond donors (Lipinski definition) is 1. The average molecular weight is 445 g/mol. The quantitative estimate of drug-likeness (QED) is 0.441. The maximum absolute atomic E-state index is 12.3. The molecule has 0 amide bonds. The van der Waals surface area contributed by atoms with E-state index >= 15 is 0 Å². The molecule has 4 atom stereocenters. The van der Waals surface area contributed by atoms with Gasteiger partial charge in [0.1, 0.15) is 11.6 Å². The van der Waals surface area contributed by atoms with E-state index in [-0.39, 0.29) is 11.8 Å². The number of fused-ring (bicyclic) bond motifs is 2. The molecule has 2 aliphatic rings. The third-order valence-corrected chi connectivity index (χ3v) is 7.97. The maximum atomic E-state index is 12.3. The summed E-state index contributed by atoms with van der Waals surface area (Å²) in [4.78, 5) is 20.6. The van der Waals surface area contributed by atoms with Crippen LogP contribution < -0.4 is 0 Å². The number of carbonyl (C=O) groups is 1. The van der Waals surface area contributed by atoms with Gasteiger partial charge in [-0.3, -0.25) is 4.79 Å². The number of rotatable bonds is 5. The number of carbonyl (C=O) groups excluding carboxylic acids is 1. The second kappa shape index (κ2) is 8.37. The Balaban J connectivity index is 1.38. The van der Waals surface area contributed by atoms with Gasteiger partial charge in [0.2, 0.25) is 0 Å². The zero-order valence-corrected chi connectivity index (χ0v) is 19.6. The molecule has 0 radical (unpaired) electrons. The fraction of sp³-hybridized carbons (Fsp3) is 0.357. The molecule has 32 heavy (non-hydrogen) atoms. The molecule has 3 nitrogen and oxygen atoms in total. The summed E-state index contributed by atoms with van der Waals surface area (Å²) in [7, 11) is 0. The molecule has 2 fully saturated rings. The van der Waals surface area contributed by atoms with Crippen molar-refractivity contribution in [2.45, 2.75) is 46.0 Å². The smallest absolute Gasteiger partial charge is 0.133 e. The number of ketones is 1. The number of H-pyrrole nitrogens is 1. The number of halogens is 1. The van der Waals surface area contributed by atoms with E-state index in [4.69, 9.17) is 16.6 Å². The first-order chi connectivity index (χ1) is 15.5. The van der Waals surface area contributed by atoms with Crippen molar-refractivity contribution >= 4 is 23.0 Å². The Morgan fingerprint density at radius 2 is 1.72 bits per heavy atom. The average Bonchev–Trinajstić information content (AvgIpc) is 3.54. The second-order valence-corrected chi connectivity index (χ2v) is 9.83. The molecule has 1 heterocycles. The van der Waals surface area contributed by atoms with Gasteiger partial charge >= 0.3 is 0 Å². The molecule has 0 spiro atoms. The molecule has 3 unspecified atom stereocenters. The van der Waals surface area contributed by atoms with Gasteiger partial charge in [0.15, 0.2) is 0 Å². The number of aromatic nitrogens is 2. The summed E-state index contributed by atoms with van der Waals surface area (Å²) in [6.07, 6.45) is 7.58. The van der Waals surface area contributed by atoms with Crippen LogP contribution >= 0.6 is 11.6 Å². The van der Waals surface area contributed by atoms with Crippen LogP contribution in [0, 0.1) is 17.8 Å².